The van der Waals surface area contributed by atoms with E-state index in [-0.39, 0.29) is 5.82 Å². The molecule has 84 valence electrons. The Kier molecular flexibility index (Phi) is 2.90. The van der Waals surface area contributed by atoms with Gasteiger partial charge in [0.2, 0.25) is 5.95 Å². The fourth-order valence-corrected chi connectivity index (χ4v) is 1.54. The number of nitrogens with zero attached hydrogens (tertiary/aromatic N) is 2. The average Bonchev–Trinajstić information content (AvgIpc) is 2.71. The molecule has 1 N–H and O–H groups in total. The molecule has 1 aromatic heterocycles. The first-order valence-corrected chi connectivity index (χ1v) is 5.25. The van der Waals surface area contributed by atoms with Crippen LogP contribution in [0, 0.1) is 12.7 Å². The highest BCUT2D eigenvalue weighted by molar-refractivity contribution is 5.58. The van der Waals surface area contributed by atoms with Crippen molar-refractivity contribution in [3.05, 3.63) is 42.0 Å². The lowest BCUT2D eigenvalue weighted by molar-refractivity contribution is 0.628. The quantitative estimate of drug-likeness (QED) is 0.859. The van der Waals surface area contributed by atoms with Gasteiger partial charge in [0.15, 0.2) is 0 Å². The number of imidazole rings is 1. The Morgan fingerprint density at radius 2 is 2.25 bits per heavy atom. The minimum Gasteiger partial charge on any atom is -0.325 e. The molecule has 1 aromatic carbocycles. The van der Waals surface area contributed by atoms with Crippen LogP contribution in [-0.4, -0.2) is 9.55 Å². The second-order valence-corrected chi connectivity index (χ2v) is 3.62. The summed E-state index contributed by atoms with van der Waals surface area (Å²) in [5.41, 5.74) is 1.74. The first kappa shape index (κ1) is 10.7. The zero-order valence-electron chi connectivity index (χ0n) is 9.37. The fraction of sp³-hybridized carbons (Fsp3) is 0.250. The summed E-state index contributed by atoms with van der Waals surface area (Å²) in [6.45, 7) is 4.79. The van der Waals surface area contributed by atoms with E-state index in [1.165, 1.54) is 12.1 Å². The summed E-state index contributed by atoms with van der Waals surface area (Å²) >= 11 is 0. The first-order valence-electron chi connectivity index (χ1n) is 5.25. The van der Waals surface area contributed by atoms with Gasteiger partial charge in [0.1, 0.15) is 5.82 Å². The molecule has 0 aliphatic rings. The molecular weight excluding hydrogens is 205 g/mol. The van der Waals surface area contributed by atoms with E-state index in [2.05, 4.69) is 10.3 Å². The van der Waals surface area contributed by atoms with E-state index >= 15 is 0 Å². The predicted octanol–water partition coefficient (Wildman–Crippen LogP) is 3.09. The molecule has 0 spiro atoms. The number of anilines is 2. The van der Waals surface area contributed by atoms with E-state index in [1.807, 2.05) is 24.6 Å². The van der Waals surface area contributed by atoms with E-state index < -0.39 is 0 Å². The van der Waals surface area contributed by atoms with Crippen LogP contribution in [0.2, 0.25) is 0 Å². The van der Waals surface area contributed by atoms with Crippen LogP contribution >= 0.6 is 0 Å². The van der Waals surface area contributed by atoms with Gasteiger partial charge in [-0.25, -0.2) is 9.37 Å². The molecular formula is C12H14FN3. The van der Waals surface area contributed by atoms with Crippen molar-refractivity contribution in [1.29, 1.82) is 0 Å². The Balaban J connectivity index is 2.30. The van der Waals surface area contributed by atoms with E-state index in [0.717, 1.165) is 23.7 Å². The lowest BCUT2D eigenvalue weighted by Crippen LogP contribution is -2.02. The SMILES string of the molecule is CCn1ccnc1Nc1cc(F)ccc1C. The van der Waals surface area contributed by atoms with Crippen molar-refractivity contribution in [1.82, 2.24) is 9.55 Å². The van der Waals surface area contributed by atoms with Crippen molar-refractivity contribution < 1.29 is 4.39 Å². The Morgan fingerprint density at radius 1 is 1.44 bits per heavy atom. The molecule has 0 fully saturated rings. The van der Waals surface area contributed by atoms with Gasteiger partial charge in [-0.3, -0.25) is 0 Å². The molecule has 0 bridgehead atoms. The van der Waals surface area contributed by atoms with E-state index in [9.17, 15) is 4.39 Å². The number of rotatable bonds is 3. The summed E-state index contributed by atoms with van der Waals surface area (Å²) in [6, 6.07) is 4.67. The Hall–Kier alpha value is -1.84. The highest BCUT2D eigenvalue weighted by atomic mass is 19.1. The van der Waals surface area contributed by atoms with Crippen molar-refractivity contribution in [2.45, 2.75) is 20.4 Å². The monoisotopic (exact) mass is 219 g/mol. The standard InChI is InChI=1S/C12H14FN3/c1-3-16-7-6-14-12(16)15-11-8-10(13)5-4-9(11)2/h4-8H,3H2,1-2H3,(H,14,15). The average molecular weight is 219 g/mol. The van der Waals surface area contributed by atoms with Crippen molar-refractivity contribution >= 4 is 11.6 Å². The minimum absolute atomic E-state index is 0.247. The molecule has 16 heavy (non-hydrogen) atoms. The van der Waals surface area contributed by atoms with E-state index in [0.29, 0.717) is 0 Å². The molecule has 2 rings (SSSR count). The van der Waals surface area contributed by atoms with Crippen molar-refractivity contribution in [3.63, 3.8) is 0 Å². The second-order valence-electron chi connectivity index (χ2n) is 3.62. The fourth-order valence-electron chi connectivity index (χ4n) is 1.54. The van der Waals surface area contributed by atoms with Crippen molar-refractivity contribution in [3.8, 4) is 0 Å². The molecule has 1 heterocycles. The smallest absolute Gasteiger partial charge is 0.207 e. The number of aryl methyl sites for hydroxylation is 2. The second kappa shape index (κ2) is 4.35. The van der Waals surface area contributed by atoms with Crippen LogP contribution in [0.15, 0.2) is 30.6 Å². The lowest BCUT2D eigenvalue weighted by atomic mass is 10.2. The van der Waals surface area contributed by atoms with Crippen LogP contribution in [0.25, 0.3) is 0 Å². The van der Waals surface area contributed by atoms with Gasteiger partial charge in [-0.05, 0) is 31.5 Å². The molecule has 0 atom stereocenters. The summed E-state index contributed by atoms with van der Waals surface area (Å²) in [5.74, 6) is 0.485. The van der Waals surface area contributed by atoms with Gasteiger partial charge in [-0.1, -0.05) is 6.07 Å². The summed E-state index contributed by atoms with van der Waals surface area (Å²) in [5, 5.41) is 3.12. The summed E-state index contributed by atoms with van der Waals surface area (Å²) < 4.78 is 15.1. The summed E-state index contributed by atoms with van der Waals surface area (Å²) in [4.78, 5) is 4.18. The first-order chi connectivity index (χ1) is 7.70. The number of aromatic nitrogens is 2. The zero-order chi connectivity index (χ0) is 11.5. The van der Waals surface area contributed by atoms with Crippen LogP contribution in [0.5, 0.6) is 0 Å². The zero-order valence-corrected chi connectivity index (χ0v) is 9.37. The van der Waals surface area contributed by atoms with Crippen LogP contribution in [-0.2, 0) is 6.54 Å². The molecule has 0 aliphatic carbocycles. The van der Waals surface area contributed by atoms with Gasteiger partial charge in [0.05, 0.1) is 0 Å². The maximum absolute atomic E-state index is 13.1. The molecule has 3 nitrogen and oxygen atoms in total. The largest absolute Gasteiger partial charge is 0.325 e. The molecule has 0 amide bonds. The van der Waals surface area contributed by atoms with Gasteiger partial charge in [-0.2, -0.15) is 0 Å². The third-order valence-electron chi connectivity index (χ3n) is 2.50. The maximum Gasteiger partial charge on any atom is 0.207 e. The van der Waals surface area contributed by atoms with Gasteiger partial charge in [0, 0.05) is 24.6 Å². The minimum atomic E-state index is -0.247. The Labute approximate surface area is 93.9 Å². The number of halogens is 1. The third kappa shape index (κ3) is 2.05. The Morgan fingerprint density at radius 3 is 3.00 bits per heavy atom. The maximum atomic E-state index is 13.1. The normalized spacial score (nSPS) is 10.4. The topological polar surface area (TPSA) is 29.9 Å². The molecule has 0 saturated carbocycles. The van der Waals surface area contributed by atoms with Crippen molar-refractivity contribution in [2.24, 2.45) is 0 Å². The van der Waals surface area contributed by atoms with E-state index in [4.69, 9.17) is 0 Å². The molecule has 0 aliphatic heterocycles. The summed E-state index contributed by atoms with van der Waals surface area (Å²) in [6.07, 6.45) is 3.61. The molecule has 0 radical (unpaired) electrons. The van der Waals surface area contributed by atoms with Gasteiger partial charge in [0.25, 0.3) is 0 Å². The number of benzene rings is 1. The van der Waals surface area contributed by atoms with Gasteiger partial charge < -0.3 is 9.88 Å². The number of hydrogen-bond donors (Lipinski definition) is 1. The highest BCUT2D eigenvalue weighted by Crippen LogP contribution is 2.20. The van der Waals surface area contributed by atoms with Crippen LogP contribution in [0.1, 0.15) is 12.5 Å². The number of hydrogen-bond acceptors (Lipinski definition) is 2. The van der Waals surface area contributed by atoms with Crippen LogP contribution in [0.4, 0.5) is 16.0 Å². The van der Waals surface area contributed by atoms with Gasteiger partial charge >= 0.3 is 0 Å². The summed E-state index contributed by atoms with van der Waals surface area (Å²) in [7, 11) is 0. The van der Waals surface area contributed by atoms with Crippen LogP contribution < -0.4 is 5.32 Å². The Bertz CT molecular complexity index is 491. The van der Waals surface area contributed by atoms with Gasteiger partial charge in [-0.15, -0.1) is 0 Å². The van der Waals surface area contributed by atoms with Crippen molar-refractivity contribution in [2.75, 3.05) is 5.32 Å². The molecule has 0 saturated heterocycles. The van der Waals surface area contributed by atoms with E-state index in [1.54, 1.807) is 12.3 Å². The predicted molar refractivity (Wildman–Crippen MR) is 62.3 cm³/mol. The molecule has 0 unspecified atom stereocenters. The molecule has 2 aromatic rings. The highest BCUT2D eigenvalue weighted by Gasteiger charge is 2.04. The molecule has 4 heteroatoms. The lowest BCUT2D eigenvalue weighted by Gasteiger charge is -2.10. The van der Waals surface area contributed by atoms with Crippen LogP contribution in [0.3, 0.4) is 0 Å². The number of nitrogens with one attached hydrogen (secondary N) is 1. The third-order valence-corrected chi connectivity index (χ3v) is 2.50.